The van der Waals surface area contributed by atoms with E-state index in [9.17, 15) is 14.7 Å². The van der Waals surface area contributed by atoms with Crippen LogP contribution in [0.4, 0.5) is 10.6 Å². The lowest BCUT2D eigenvalue weighted by Crippen LogP contribution is -2.54. The van der Waals surface area contributed by atoms with Crippen molar-refractivity contribution in [2.45, 2.75) is 25.2 Å². The molecule has 3 rings (SSSR count). The topological polar surface area (TPSA) is 85.4 Å². The summed E-state index contributed by atoms with van der Waals surface area (Å²) in [6, 6.07) is 3.72. The van der Waals surface area contributed by atoms with E-state index in [1.165, 1.54) is 4.90 Å². The molecular formula is C13H14N3O3-. The van der Waals surface area contributed by atoms with Gasteiger partial charge in [-0.2, -0.15) is 0 Å². The fourth-order valence-corrected chi connectivity index (χ4v) is 3.00. The number of fused-ring (bicyclic) bond motifs is 2. The van der Waals surface area contributed by atoms with Crippen LogP contribution in [-0.4, -0.2) is 35.0 Å². The third-order valence-electron chi connectivity index (χ3n) is 3.97. The first-order chi connectivity index (χ1) is 9.03. The zero-order valence-corrected chi connectivity index (χ0v) is 10.6. The Labute approximate surface area is 110 Å². The number of nitrogens with one attached hydrogen (secondary N) is 1. The smallest absolute Gasteiger partial charge is 0.238 e. The molecule has 1 saturated heterocycles. The monoisotopic (exact) mass is 260 g/mol. The summed E-state index contributed by atoms with van der Waals surface area (Å²) in [4.78, 5) is 28.8. The number of nitrogens with zero attached hydrogens (tertiary/aromatic N) is 2. The quantitative estimate of drug-likeness (QED) is 0.712. The van der Waals surface area contributed by atoms with Crippen molar-refractivity contribution in [2.24, 2.45) is 0 Å². The van der Waals surface area contributed by atoms with Gasteiger partial charge in [-0.05, 0) is 25.8 Å². The molecule has 3 heterocycles. The average molecular weight is 260 g/mol. The van der Waals surface area contributed by atoms with Crippen molar-refractivity contribution in [3.63, 3.8) is 0 Å². The van der Waals surface area contributed by atoms with E-state index in [4.69, 9.17) is 0 Å². The average Bonchev–Trinajstić information content (AvgIpc) is 2.62. The summed E-state index contributed by atoms with van der Waals surface area (Å²) in [5.41, 5.74) is 0.826. The SMILES string of the molecule is Cc1ccc2c(n1)NC(=O)C21CCCN(C(=O)[O-])C1. The number of carboxylic acid groups (broad SMARTS) is 1. The van der Waals surface area contributed by atoms with Crippen LogP contribution in [0, 0.1) is 6.92 Å². The molecule has 0 bridgehead atoms. The Bertz CT molecular complexity index is 572. The second kappa shape index (κ2) is 3.94. The second-order valence-electron chi connectivity index (χ2n) is 5.18. The van der Waals surface area contributed by atoms with Crippen LogP contribution < -0.4 is 10.4 Å². The summed E-state index contributed by atoms with van der Waals surface area (Å²) in [6.45, 7) is 2.43. The number of likely N-dealkylation sites (tertiary alicyclic amines) is 1. The van der Waals surface area contributed by atoms with Crippen molar-refractivity contribution in [1.29, 1.82) is 0 Å². The molecule has 2 amide bonds. The van der Waals surface area contributed by atoms with Crippen molar-refractivity contribution < 1.29 is 14.7 Å². The highest BCUT2D eigenvalue weighted by Gasteiger charge is 2.49. The van der Waals surface area contributed by atoms with Gasteiger partial charge in [-0.25, -0.2) is 4.98 Å². The Balaban J connectivity index is 2.05. The zero-order chi connectivity index (χ0) is 13.6. The first-order valence-electron chi connectivity index (χ1n) is 6.28. The fraction of sp³-hybridized carbons (Fsp3) is 0.462. The van der Waals surface area contributed by atoms with Gasteiger partial charge >= 0.3 is 0 Å². The molecule has 1 aromatic heterocycles. The molecule has 1 aromatic rings. The molecule has 0 aliphatic carbocycles. The van der Waals surface area contributed by atoms with E-state index in [1.807, 2.05) is 19.1 Å². The van der Waals surface area contributed by atoms with E-state index in [-0.39, 0.29) is 12.5 Å². The molecule has 2 aliphatic rings. The van der Waals surface area contributed by atoms with Crippen LogP contribution in [0.5, 0.6) is 0 Å². The maximum absolute atomic E-state index is 12.3. The summed E-state index contributed by atoms with van der Waals surface area (Å²) in [5, 5.41) is 13.8. The fourth-order valence-electron chi connectivity index (χ4n) is 3.00. The first kappa shape index (κ1) is 12.0. The lowest BCUT2D eigenvalue weighted by atomic mass is 9.75. The van der Waals surface area contributed by atoms with Gasteiger partial charge in [0.05, 0.1) is 5.41 Å². The van der Waals surface area contributed by atoms with Crippen molar-refractivity contribution in [1.82, 2.24) is 9.88 Å². The minimum atomic E-state index is -1.22. The van der Waals surface area contributed by atoms with Crippen LogP contribution in [0.1, 0.15) is 24.1 Å². The highest BCUT2D eigenvalue weighted by atomic mass is 16.4. The third-order valence-corrected chi connectivity index (χ3v) is 3.97. The predicted molar refractivity (Wildman–Crippen MR) is 65.5 cm³/mol. The first-order valence-corrected chi connectivity index (χ1v) is 6.28. The van der Waals surface area contributed by atoms with Crippen molar-refractivity contribution in [3.8, 4) is 0 Å². The molecule has 19 heavy (non-hydrogen) atoms. The third kappa shape index (κ3) is 1.67. The van der Waals surface area contributed by atoms with Gasteiger partial charge in [0.15, 0.2) is 0 Å². The molecule has 0 radical (unpaired) electrons. The molecule has 6 nitrogen and oxygen atoms in total. The Kier molecular flexibility index (Phi) is 2.48. The van der Waals surface area contributed by atoms with Crippen molar-refractivity contribution in [2.75, 3.05) is 18.4 Å². The number of aryl methyl sites for hydroxylation is 1. The van der Waals surface area contributed by atoms with Gasteiger partial charge in [-0.15, -0.1) is 0 Å². The molecule has 0 saturated carbocycles. The minimum absolute atomic E-state index is 0.152. The zero-order valence-electron chi connectivity index (χ0n) is 10.6. The van der Waals surface area contributed by atoms with Gasteiger partial charge in [0.1, 0.15) is 11.9 Å². The summed E-state index contributed by atoms with van der Waals surface area (Å²) >= 11 is 0. The predicted octanol–water partition coefficient (Wildman–Crippen LogP) is 0.0190. The molecule has 1 fully saturated rings. The van der Waals surface area contributed by atoms with Crippen molar-refractivity contribution in [3.05, 3.63) is 23.4 Å². The Morgan fingerprint density at radius 2 is 2.32 bits per heavy atom. The summed E-state index contributed by atoms with van der Waals surface area (Å²) in [6.07, 6.45) is 0.0649. The Hall–Kier alpha value is -2.11. The second-order valence-corrected chi connectivity index (χ2v) is 5.18. The van der Waals surface area contributed by atoms with E-state index in [2.05, 4.69) is 10.3 Å². The van der Waals surface area contributed by atoms with Gasteiger partial charge in [0.2, 0.25) is 5.91 Å². The highest BCUT2D eigenvalue weighted by molar-refractivity contribution is 6.05. The number of piperidine rings is 1. The van der Waals surface area contributed by atoms with Crippen molar-refractivity contribution >= 4 is 17.8 Å². The number of aromatic nitrogens is 1. The number of anilines is 1. The summed E-state index contributed by atoms with van der Waals surface area (Å²) in [5.74, 6) is 0.400. The Morgan fingerprint density at radius 3 is 3.05 bits per heavy atom. The summed E-state index contributed by atoms with van der Waals surface area (Å²) in [7, 11) is 0. The Morgan fingerprint density at radius 1 is 1.53 bits per heavy atom. The molecule has 100 valence electrons. The molecule has 6 heteroatoms. The van der Waals surface area contributed by atoms with E-state index in [1.54, 1.807) is 0 Å². The normalized spacial score (nSPS) is 25.3. The number of hydrogen-bond acceptors (Lipinski definition) is 4. The van der Waals surface area contributed by atoms with Gasteiger partial charge in [0.25, 0.3) is 0 Å². The number of carbonyl (C=O) groups is 2. The molecular weight excluding hydrogens is 246 g/mol. The molecule has 1 atom stereocenters. The van der Waals surface area contributed by atoms with Crippen LogP contribution >= 0.6 is 0 Å². The van der Waals surface area contributed by atoms with Gasteiger partial charge in [0, 0.05) is 24.3 Å². The highest BCUT2D eigenvalue weighted by Crippen LogP contribution is 2.42. The van der Waals surface area contributed by atoms with Crippen LogP contribution in [0.25, 0.3) is 0 Å². The maximum atomic E-state index is 12.3. The van der Waals surface area contributed by atoms with Gasteiger partial charge in [-0.3, -0.25) is 4.79 Å². The van der Waals surface area contributed by atoms with Gasteiger partial charge in [-0.1, -0.05) is 6.07 Å². The van der Waals surface area contributed by atoms with E-state index < -0.39 is 11.5 Å². The number of pyridine rings is 1. The molecule has 0 aromatic carbocycles. The van der Waals surface area contributed by atoms with E-state index in [0.717, 1.165) is 11.3 Å². The van der Waals surface area contributed by atoms with Crippen LogP contribution in [0.15, 0.2) is 12.1 Å². The molecule has 1 N–H and O–H groups in total. The largest absolute Gasteiger partial charge is 0.530 e. The lowest BCUT2D eigenvalue weighted by Gasteiger charge is -2.40. The van der Waals surface area contributed by atoms with Gasteiger partial charge < -0.3 is 20.1 Å². The number of rotatable bonds is 0. The summed E-state index contributed by atoms with van der Waals surface area (Å²) < 4.78 is 0. The number of carbonyl (C=O) groups excluding carboxylic acids is 2. The lowest BCUT2D eigenvalue weighted by molar-refractivity contribution is -0.267. The number of amides is 2. The minimum Gasteiger partial charge on any atom is -0.530 e. The maximum Gasteiger partial charge on any atom is 0.238 e. The van der Waals surface area contributed by atoms with E-state index in [0.29, 0.717) is 25.2 Å². The van der Waals surface area contributed by atoms with Crippen LogP contribution in [-0.2, 0) is 10.2 Å². The number of hydrogen-bond donors (Lipinski definition) is 1. The molecule has 2 aliphatic heterocycles. The van der Waals surface area contributed by atoms with Crippen LogP contribution in [0.2, 0.25) is 0 Å². The standard InChI is InChI=1S/C13H15N3O3/c1-8-3-4-9-10(14-8)15-11(17)13(9)5-2-6-16(7-13)12(18)19/h3-4H,2,5-7H2,1H3,(H,18,19)(H,14,15,17)/p-1. The van der Waals surface area contributed by atoms with E-state index >= 15 is 0 Å². The molecule has 1 unspecified atom stereocenters. The van der Waals surface area contributed by atoms with Crippen LogP contribution in [0.3, 0.4) is 0 Å². The molecule has 1 spiro atoms.